The number of rotatable bonds is 6. The molecule has 0 spiro atoms. The molecule has 20 heavy (non-hydrogen) atoms. The van der Waals surface area contributed by atoms with E-state index >= 15 is 0 Å². The molecule has 1 aromatic carbocycles. The molecule has 5 nitrogen and oxygen atoms in total. The van der Waals surface area contributed by atoms with Crippen LogP contribution in [0.15, 0.2) is 41.1 Å². The number of carbonyl (C=O) groups excluding carboxylic acids is 1. The Balaban J connectivity index is 1.67. The third kappa shape index (κ3) is 4.79. The molecular formula is C14H17BrN4O. The van der Waals surface area contributed by atoms with Crippen molar-refractivity contribution in [1.82, 2.24) is 15.1 Å². The van der Waals surface area contributed by atoms with Gasteiger partial charge in [-0.2, -0.15) is 5.10 Å². The van der Waals surface area contributed by atoms with Gasteiger partial charge in [-0.3, -0.25) is 9.48 Å². The minimum Gasteiger partial charge on any atom is -0.325 e. The Morgan fingerprint density at radius 1 is 1.45 bits per heavy atom. The fourth-order valence-electron chi connectivity index (χ4n) is 1.81. The number of nitrogens with one attached hydrogen (secondary N) is 2. The number of hydrogen-bond donors (Lipinski definition) is 2. The average molecular weight is 337 g/mol. The van der Waals surface area contributed by atoms with E-state index in [2.05, 4.69) is 31.7 Å². The van der Waals surface area contributed by atoms with E-state index in [1.165, 1.54) is 0 Å². The highest BCUT2D eigenvalue weighted by atomic mass is 79.9. The number of hydrogen-bond acceptors (Lipinski definition) is 3. The number of aromatic nitrogens is 2. The summed E-state index contributed by atoms with van der Waals surface area (Å²) in [6.07, 6.45) is 4.67. The van der Waals surface area contributed by atoms with Crippen LogP contribution in [-0.2, 0) is 18.3 Å². The first-order valence-corrected chi connectivity index (χ1v) is 7.16. The molecular weight excluding hydrogens is 320 g/mol. The Morgan fingerprint density at radius 3 is 3.00 bits per heavy atom. The molecule has 2 N–H and O–H groups in total. The van der Waals surface area contributed by atoms with Gasteiger partial charge in [-0.05, 0) is 36.7 Å². The van der Waals surface area contributed by atoms with Crippen LogP contribution in [0.3, 0.4) is 0 Å². The molecule has 0 atom stereocenters. The first-order valence-electron chi connectivity index (χ1n) is 6.37. The summed E-state index contributed by atoms with van der Waals surface area (Å²) in [6, 6.07) is 7.53. The lowest BCUT2D eigenvalue weighted by Crippen LogP contribution is -2.29. The summed E-state index contributed by atoms with van der Waals surface area (Å²) in [7, 11) is 1.89. The third-order valence-corrected chi connectivity index (χ3v) is 3.24. The molecule has 0 unspecified atom stereocenters. The minimum absolute atomic E-state index is 0.0470. The van der Waals surface area contributed by atoms with Crippen molar-refractivity contribution in [3.63, 3.8) is 0 Å². The van der Waals surface area contributed by atoms with Crippen LogP contribution in [0.5, 0.6) is 0 Å². The van der Waals surface area contributed by atoms with Gasteiger partial charge in [0.15, 0.2) is 0 Å². The van der Waals surface area contributed by atoms with Gasteiger partial charge in [0.25, 0.3) is 0 Å². The van der Waals surface area contributed by atoms with E-state index in [4.69, 9.17) is 0 Å². The zero-order valence-electron chi connectivity index (χ0n) is 11.3. The summed E-state index contributed by atoms with van der Waals surface area (Å²) in [5, 5.41) is 10.1. The van der Waals surface area contributed by atoms with Crippen molar-refractivity contribution in [3.8, 4) is 0 Å². The molecule has 1 aromatic heterocycles. The van der Waals surface area contributed by atoms with Crippen molar-refractivity contribution in [2.24, 2.45) is 7.05 Å². The molecule has 0 aliphatic carbocycles. The lowest BCUT2D eigenvalue weighted by Gasteiger charge is -2.06. The average Bonchev–Trinajstić information content (AvgIpc) is 2.80. The normalized spacial score (nSPS) is 10.5. The predicted octanol–water partition coefficient (Wildman–Crippen LogP) is 1.95. The van der Waals surface area contributed by atoms with Crippen molar-refractivity contribution in [1.29, 1.82) is 0 Å². The maximum Gasteiger partial charge on any atom is 0.238 e. The smallest absolute Gasteiger partial charge is 0.238 e. The van der Waals surface area contributed by atoms with Gasteiger partial charge in [0.2, 0.25) is 5.91 Å². The number of benzene rings is 1. The summed E-state index contributed by atoms with van der Waals surface area (Å²) in [5.74, 6) is -0.0470. The molecule has 2 rings (SSSR count). The number of nitrogens with zero attached hydrogens (tertiary/aromatic N) is 2. The van der Waals surface area contributed by atoms with E-state index in [9.17, 15) is 4.79 Å². The van der Waals surface area contributed by atoms with Crippen molar-refractivity contribution >= 4 is 27.5 Å². The van der Waals surface area contributed by atoms with Gasteiger partial charge >= 0.3 is 0 Å². The number of aryl methyl sites for hydroxylation is 1. The molecule has 1 amide bonds. The van der Waals surface area contributed by atoms with E-state index in [0.29, 0.717) is 6.54 Å². The standard InChI is InChI=1S/C14H17BrN4O/c1-19-10-11(8-17-19)5-6-16-9-14(20)18-13-4-2-3-12(15)7-13/h2-4,7-8,10,16H,5-6,9H2,1H3,(H,18,20). The molecule has 0 bridgehead atoms. The molecule has 0 aliphatic heterocycles. The van der Waals surface area contributed by atoms with Gasteiger partial charge in [-0.15, -0.1) is 0 Å². The Hall–Kier alpha value is -1.66. The topological polar surface area (TPSA) is 59.0 Å². The Morgan fingerprint density at radius 2 is 2.30 bits per heavy atom. The van der Waals surface area contributed by atoms with Gasteiger partial charge in [0.1, 0.15) is 0 Å². The zero-order chi connectivity index (χ0) is 14.4. The lowest BCUT2D eigenvalue weighted by molar-refractivity contribution is -0.115. The van der Waals surface area contributed by atoms with Crippen LogP contribution in [0.4, 0.5) is 5.69 Å². The second kappa shape index (κ2) is 7.21. The van der Waals surface area contributed by atoms with Crippen molar-refractivity contribution in [3.05, 3.63) is 46.7 Å². The van der Waals surface area contributed by atoms with Crippen LogP contribution < -0.4 is 10.6 Å². The lowest BCUT2D eigenvalue weighted by atomic mass is 10.2. The zero-order valence-corrected chi connectivity index (χ0v) is 12.9. The number of amides is 1. The molecule has 6 heteroatoms. The Kier molecular flexibility index (Phi) is 5.31. The minimum atomic E-state index is -0.0470. The Labute approximate surface area is 126 Å². The molecule has 0 aliphatic rings. The predicted molar refractivity (Wildman–Crippen MR) is 82.6 cm³/mol. The van der Waals surface area contributed by atoms with E-state index in [0.717, 1.165) is 28.7 Å². The molecule has 0 saturated carbocycles. The fourth-order valence-corrected chi connectivity index (χ4v) is 2.21. The first kappa shape index (κ1) is 14.7. The highest BCUT2D eigenvalue weighted by Gasteiger charge is 2.02. The fraction of sp³-hybridized carbons (Fsp3) is 0.286. The molecule has 0 radical (unpaired) electrons. The van der Waals surface area contributed by atoms with Crippen LogP contribution in [0.25, 0.3) is 0 Å². The molecule has 106 valence electrons. The maximum atomic E-state index is 11.7. The van der Waals surface area contributed by atoms with E-state index < -0.39 is 0 Å². The maximum absolute atomic E-state index is 11.7. The highest BCUT2D eigenvalue weighted by molar-refractivity contribution is 9.10. The monoisotopic (exact) mass is 336 g/mol. The molecule has 2 aromatic rings. The number of anilines is 1. The van der Waals surface area contributed by atoms with Crippen LogP contribution in [0.2, 0.25) is 0 Å². The quantitative estimate of drug-likeness (QED) is 0.792. The van der Waals surface area contributed by atoms with Crippen molar-refractivity contribution in [2.45, 2.75) is 6.42 Å². The Bertz CT molecular complexity index is 582. The summed E-state index contributed by atoms with van der Waals surface area (Å²) in [5.41, 5.74) is 1.95. The molecule has 1 heterocycles. The second-order valence-corrected chi connectivity index (χ2v) is 5.42. The van der Waals surface area contributed by atoms with Crippen LogP contribution >= 0.6 is 15.9 Å². The van der Waals surface area contributed by atoms with Gasteiger partial charge in [-0.25, -0.2) is 0 Å². The largest absolute Gasteiger partial charge is 0.325 e. The van der Waals surface area contributed by atoms with Gasteiger partial charge < -0.3 is 10.6 Å². The van der Waals surface area contributed by atoms with Crippen LogP contribution in [0.1, 0.15) is 5.56 Å². The van der Waals surface area contributed by atoms with E-state index in [-0.39, 0.29) is 5.91 Å². The summed E-state index contributed by atoms with van der Waals surface area (Å²) in [4.78, 5) is 11.7. The summed E-state index contributed by atoms with van der Waals surface area (Å²) in [6.45, 7) is 1.05. The summed E-state index contributed by atoms with van der Waals surface area (Å²) >= 11 is 3.37. The van der Waals surface area contributed by atoms with Gasteiger partial charge in [0.05, 0.1) is 12.7 Å². The van der Waals surface area contributed by atoms with Crippen LogP contribution in [0, 0.1) is 0 Å². The van der Waals surface area contributed by atoms with Gasteiger partial charge in [-0.1, -0.05) is 22.0 Å². The summed E-state index contributed by atoms with van der Waals surface area (Å²) < 4.78 is 2.72. The second-order valence-electron chi connectivity index (χ2n) is 4.51. The van der Waals surface area contributed by atoms with E-state index in [1.54, 1.807) is 4.68 Å². The third-order valence-electron chi connectivity index (χ3n) is 2.74. The highest BCUT2D eigenvalue weighted by Crippen LogP contribution is 2.15. The molecule has 0 fully saturated rings. The van der Waals surface area contributed by atoms with Crippen molar-refractivity contribution in [2.75, 3.05) is 18.4 Å². The van der Waals surface area contributed by atoms with Crippen LogP contribution in [-0.4, -0.2) is 28.8 Å². The van der Waals surface area contributed by atoms with Crippen molar-refractivity contribution < 1.29 is 4.79 Å². The molecule has 0 saturated heterocycles. The first-order chi connectivity index (χ1) is 9.63. The number of halogens is 1. The SMILES string of the molecule is Cn1cc(CCNCC(=O)Nc2cccc(Br)c2)cn1. The van der Waals surface area contributed by atoms with Gasteiger partial charge in [0, 0.05) is 23.4 Å². The number of carbonyl (C=O) groups is 1. The van der Waals surface area contributed by atoms with E-state index in [1.807, 2.05) is 43.7 Å².